The Hall–Kier alpha value is -2.64. The van der Waals surface area contributed by atoms with Gasteiger partial charge in [0.1, 0.15) is 5.75 Å². The number of carbonyl (C=O) groups is 1. The summed E-state index contributed by atoms with van der Waals surface area (Å²) in [5.74, 6) is 0.820. The van der Waals surface area contributed by atoms with Gasteiger partial charge in [0, 0.05) is 10.0 Å². The SMILES string of the molecule is CCCC[C@H]1S/C(=N/N=C\c2cc(Br)ccc2OC)N(Cc2cccc3ccccc23)C1=O. The van der Waals surface area contributed by atoms with Crippen LogP contribution in [0.1, 0.15) is 37.3 Å². The van der Waals surface area contributed by atoms with Gasteiger partial charge >= 0.3 is 0 Å². The summed E-state index contributed by atoms with van der Waals surface area (Å²) in [7, 11) is 1.63. The monoisotopic (exact) mass is 523 g/mol. The lowest BCUT2D eigenvalue weighted by molar-refractivity contribution is -0.126. The van der Waals surface area contributed by atoms with Crippen molar-refractivity contribution in [2.75, 3.05) is 7.11 Å². The Labute approximate surface area is 207 Å². The van der Waals surface area contributed by atoms with E-state index in [9.17, 15) is 4.79 Å². The summed E-state index contributed by atoms with van der Waals surface area (Å²) >= 11 is 4.99. The molecule has 0 N–H and O–H groups in total. The van der Waals surface area contributed by atoms with E-state index in [1.807, 2.05) is 36.4 Å². The number of ether oxygens (including phenoxy) is 1. The van der Waals surface area contributed by atoms with Crippen molar-refractivity contribution >= 4 is 55.8 Å². The first kappa shape index (κ1) is 23.5. The molecule has 0 unspecified atom stereocenters. The first-order valence-electron chi connectivity index (χ1n) is 11.0. The molecule has 4 rings (SSSR count). The van der Waals surface area contributed by atoms with E-state index < -0.39 is 0 Å². The van der Waals surface area contributed by atoms with Crippen LogP contribution in [0.5, 0.6) is 5.75 Å². The second kappa shape index (κ2) is 11.0. The van der Waals surface area contributed by atoms with Gasteiger partial charge in [-0.05, 0) is 41.0 Å². The van der Waals surface area contributed by atoms with E-state index in [2.05, 4.69) is 57.3 Å². The third-order valence-electron chi connectivity index (χ3n) is 5.58. The van der Waals surface area contributed by atoms with E-state index in [1.54, 1.807) is 18.2 Å². The van der Waals surface area contributed by atoms with Gasteiger partial charge in [-0.3, -0.25) is 9.69 Å². The second-order valence-corrected chi connectivity index (χ2v) is 9.91. The van der Waals surface area contributed by atoms with Gasteiger partial charge in [0.2, 0.25) is 5.91 Å². The third kappa shape index (κ3) is 5.47. The number of carbonyl (C=O) groups excluding carboxylic acids is 1. The van der Waals surface area contributed by atoms with Crippen LogP contribution in [0.25, 0.3) is 10.8 Å². The molecule has 1 fully saturated rings. The maximum atomic E-state index is 13.3. The van der Waals surface area contributed by atoms with Gasteiger partial charge in [0.05, 0.1) is 25.1 Å². The van der Waals surface area contributed by atoms with Crippen molar-refractivity contribution < 1.29 is 9.53 Å². The number of hydrogen-bond donors (Lipinski definition) is 0. The summed E-state index contributed by atoms with van der Waals surface area (Å²) in [6.45, 7) is 2.62. The van der Waals surface area contributed by atoms with Crippen molar-refractivity contribution in [3.63, 3.8) is 0 Å². The molecule has 0 bridgehead atoms. The van der Waals surface area contributed by atoms with Crippen LogP contribution >= 0.6 is 27.7 Å². The van der Waals surface area contributed by atoms with Gasteiger partial charge in [0.15, 0.2) is 5.17 Å². The maximum Gasteiger partial charge on any atom is 0.242 e. The lowest BCUT2D eigenvalue weighted by Gasteiger charge is -2.17. The predicted molar refractivity (Wildman–Crippen MR) is 141 cm³/mol. The van der Waals surface area contributed by atoms with Crippen molar-refractivity contribution in [1.82, 2.24) is 4.90 Å². The maximum absolute atomic E-state index is 13.3. The van der Waals surface area contributed by atoms with Crippen LogP contribution in [-0.4, -0.2) is 34.5 Å². The first-order chi connectivity index (χ1) is 16.1. The Bertz CT molecular complexity index is 1210. The Morgan fingerprint density at radius 2 is 1.97 bits per heavy atom. The van der Waals surface area contributed by atoms with Crippen molar-refractivity contribution in [2.24, 2.45) is 10.2 Å². The van der Waals surface area contributed by atoms with Crippen LogP contribution in [0.15, 0.2) is 75.3 Å². The summed E-state index contributed by atoms with van der Waals surface area (Å²) in [5, 5.41) is 11.6. The van der Waals surface area contributed by atoms with E-state index >= 15 is 0 Å². The second-order valence-electron chi connectivity index (χ2n) is 7.82. The number of benzene rings is 3. The lowest BCUT2D eigenvalue weighted by Crippen LogP contribution is -2.31. The molecule has 33 heavy (non-hydrogen) atoms. The summed E-state index contributed by atoms with van der Waals surface area (Å²) in [6.07, 6.45) is 4.57. The zero-order chi connectivity index (χ0) is 23.2. The van der Waals surface area contributed by atoms with Crippen LogP contribution < -0.4 is 4.74 Å². The Balaban J connectivity index is 1.64. The molecule has 1 aliphatic rings. The highest BCUT2D eigenvalue weighted by atomic mass is 79.9. The molecule has 0 aromatic heterocycles. The topological polar surface area (TPSA) is 54.3 Å². The largest absolute Gasteiger partial charge is 0.496 e. The van der Waals surface area contributed by atoms with E-state index in [0.717, 1.165) is 45.6 Å². The summed E-state index contributed by atoms with van der Waals surface area (Å²) in [5.41, 5.74) is 1.91. The van der Waals surface area contributed by atoms with E-state index in [4.69, 9.17) is 4.74 Å². The fraction of sp³-hybridized carbons (Fsp3) is 0.269. The number of rotatable bonds is 8. The number of nitrogens with zero attached hydrogens (tertiary/aromatic N) is 3. The summed E-state index contributed by atoms with van der Waals surface area (Å²) in [6, 6.07) is 20.2. The molecule has 170 valence electrons. The number of halogens is 1. The van der Waals surface area contributed by atoms with Crippen LogP contribution in [0.4, 0.5) is 0 Å². The van der Waals surface area contributed by atoms with Crippen LogP contribution in [0.3, 0.4) is 0 Å². The van der Waals surface area contributed by atoms with Gasteiger partial charge in [-0.2, -0.15) is 5.10 Å². The van der Waals surface area contributed by atoms with Crippen molar-refractivity contribution in [3.8, 4) is 5.75 Å². The molecule has 3 aromatic carbocycles. The number of hydrogen-bond acceptors (Lipinski definition) is 5. The van der Waals surface area contributed by atoms with Crippen molar-refractivity contribution in [1.29, 1.82) is 0 Å². The number of amides is 1. The Kier molecular flexibility index (Phi) is 7.83. The molecule has 1 aliphatic heterocycles. The van der Waals surface area contributed by atoms with Crippen LogP contribution in [0.2, 0.25) is 0 Å². The van der Waals surface area contributed by atoms with Gasteiger partial charge < -0.3 is 4.74 Å². The minimum Gasteiger partial charge on any atom is -0.496 e. The number of methoxy groups -OCH3 is 1. The molecule has 0 saturated carbocycles. The standard InChI is InChI=1S/C26H26BrN3O2S/c1-3-4-12-24-25(31)30(17-19-10-7-9-18-8-5-6-11-22(18)19)26(33-24)29-28-16-20-15-21(27)13-14-23(20)32-2/h5-11,13-16,24H,3-4,12,17H2,1-2H3/b28-16-,29-26+/t24-/m1/s1. The third-order valence-corrected chi connectivity index (χ3v) is 7.31. The quantitative estimate of drug-likeness (QED) is 0.245. The fourth-order valence-electron chi connectivity index (χ4n) is 3.85. The zero-order valence-electron chi connectivity index (χ0n) is 18.7. The molecular weight excluding hydrogens is 498 g/mol. The summed E-state index contributed by atoms with van der Waals surface area (Å²) < 4.78 is 6.34. The molecule has 0 aliphatic carbocycles. The molecular formula is C26H26BrN3O2S. The summed E-state index contributed by atoms with van der Waals surface area (Å²) in [4.78, 5) is 15.1. The minimum absolute atomic E-state index is 0.107. The van der Waals surface area contributed by atoms with Gasteiger partial charge in [-0.1, -0.05) is 89.9 Å². The van der Waals surface area contributed by atoms with Crippen molar-refractivity contribution in [3.05, 3.63) is 76.3 Å². The average Bonchev–Trinajstić information content (AvgIpc) is 3.12. The lowest BCUT2D eigenvalue weighted by atomic mass is 10.0. The predicted octanol–water partition coefficient (Wildman–Crippen LogP) is 6.64. The molecule has 1 heterocycles. The average molecular weight is 524 g/mol. The van der Waals surface area contributed by atoms with E-state index in [0.29, 0.717) is 17.5 Å². The normalized spacial score (nSPS) is 17.5. The molecule has 1 atom stereocenters. The molecule has 7 heteroatoms. The van der Waals surface area contributed by atoms with Gasteiger partial charge in [-0.15, -0.1) is 5.10 Å². The van der Waals surface area contributed by atoms with E-state index in [-0.39, 0.29) is 11.2 Å². The van der Waals surface area contributed by atoms with Crippen LogP contribution in [0, 0.1) is 0 Å². The Morgan fingerprint density at radius 1 is 1.15 bits per heavy atom. The van der Waals surface area contributed by atoms with E-state index in [1.165, 1.54) is 11.8 Å². The minimum atomic E-state index is -0.116. The molecule has 5 nitrogen and oxygen atoms in total. The molecule has 1 saturated heterocycles. The first-order valence-corrected chi connectivity index (χ1v) is 12.7. The highest BCUT2D eigenvalue weighted by Gasteiger charge is 2.37. The smallest absolute Gasteiger partial charge is 0.242 e. The number of fused-ring (bicyclic) bond motifs is 1. The number of thioether (sulfide) groups is 1. The molecule has 1 amide bonds. The number of unbranched alkanes of at least 4 members (excludes halogenated alkanes) is 1. The molecule has 0 radical (unpaired) electrons. The highest BCUT2D eigenvalue weighted by molar-refractivity contribution is 9.10. The molecule has 3 aromatic rings. The number of amidine groups is 1. The van der Waals surface area contributed by atoms with Crippen molar-refractivity contribution in [2.45, 2.75) is 38.0 Å². The van der Waals surface area contributed by atoms with Crippen LogP contribution in [-0.2, 0) is 11.3 Å². The Morgan fingerprint density at radius 3 is 2.79 bits per heavy atom. The molecule has 0 spiro atoms. The fourth-order valence-corrected chi connectivity index (χ4v) is 5.37. The highest BCUT2D eigenvalue weighted by Crippen LogP contribution is 2.33. The van der Waals surface area contributed by atoms with Gasteiger partial charge in [0.25, 0.3) is 0 Å². The van der Waals surface area contributed by atoms with Gasteiger partial charge in [-0.25, -0.2) is 0 Å². The zero-order valence-corrected chi connectivity index (χ0v) is 21.1.